The van der Waals surface area contributed by atoms with E-state index in [0.717, 1.165) is 43.4 Å². The molecule has 4 fully saturated rings. The second kappa shape index (κ2) is 8.54. The molecule has 1 aromatic heterocycles. The number of hydrogen-bond donors (Lipinski definition) is 2. The van der Waals surface area contributed by atoms with Gasteiger partial charge in [-0.15, -0.1) is 0 Å². The van der Waals surface area contributed by atoms with Crippen LogP contribution >= 0.6 is 11.8 Å². The van der Waals surface area contributed by atoms with Gasteiger partial charge >= 0.3 is 6.03 Å². The molecule has 32 heavy (non-hydrogen) atoms. The molecule has 6 rings (SSSR count). The summed E-state index contributed by atoms with van der Waals surface area (Å²) in [6.07, 6.45) is 7.81. The van der Waals surface area contributed by atoms with Gasteiger partial charge in [0.1, 0.15) is 0 Å². The Hall–Kier alpha value is -2.35. The van der Waals surface area contributed by atoms with Crippen LogP contribution in [0.1, 0.15) is 51.9 Å². The number of carbonyl (C=O) groups is 2. The first-order valence-electron chi connectivity index (χ1n) is 11.7. The number of imide groups is 1. The molecule has 0 spiro atoms. The van der Waals surface area contributed by atoms with E-state index in [1.54, 1.807) is 16.7 Å². The monoisotopic (exact) mass is 454 g/mol. The number of fused-ring (bicyclic) bond motifs is 1. The predicted octanol–water partition coefficient (Wildman–Crippen LogP) is 3.69. The molecule has 4 bridgehead atoms. The maximum Gasteiger partial charge on any atom is 0.321 e. The molecule has 0 radical (unpaired) electrons. The van der Waals surface area contributed by atoms with Gasteiger partial charge in [0.25, 0.3) is 5.56 Å². The highest BCUT2D eigenvalue weighted by Crippen LogP contribution is 2.55. The molecule has 7 nitrogen and oxygen atoms in total. The zero-order valence-corrected chi connectivity index (χ0v) is 19.2. The molecule has 0 aliphatic heterocycles. The Kier molecular flexibility index (Phi) is 5.73. The van der Waals surface area contributed by atoms with E-state index >= 15 is 0 Å². The van der Waals surface area contributed by atoms with Crippen molar-refractivity contribution in [3.05, 3.63) is 34.6 Å². The lowest BCUT2D eigenvalue weighted by Gasteiger charge is -2.56. The molecule has 170 valence electrons. The zero-order valence-electron chi connectivity index (χ0n) is 18.4. The summed E-state index contributed by atoms with van der Waals surface area (Å²) in [6, 6.07) is 6.84. The van der Waals surface area contributed by atoms with Crippen molar-refractivity contribution in [2.24, 2.45) is 17.8 Å². The Bertz CT molecular complexity index is 1080. The van der Waals surface area contributed by atoms with Crippen LogP contribution in [0.2, 0.25) is 0 Å². The minimum absolute atomic E-state index is 0.0305. The second-order valence-corrected chi connectivity index (χ2v) is 10.8. The van der Waals surface area contributed by atoms with Gasteiger partial charge in [-0.2, -0.15) is 0 Å². The molecule has 0 saturated heterocycles. The molecule has 1 aromatic carbocycles. The third-order valence-electron chi connectivity index (χ3n) is 7.28. The first-order valence-corrected chi connectivity index (χ1v) is 12.7. The Balaban J connectivity index is 1.22. The van der Waals surface area contributed by atoms with Crippen molar-refractivity contribution in [1.29, 1.82) is 0 Å². The van der Waals surface area contributed by atoms with Crippen LogP contribution in [0.25, 0.3) is 10.9 Å². The largest absolute Gasteiger partial charge is 0.332 e. The van der Waals surface area contributed by atoms with E-state index < -0.39 is 6.03 Å². The van der Waals surface area contributed by atoms with Crippen molar-refractivity contribution in [2.75, 3.05) is 5.75 Å². The van der Waals surface area contributed by atoms with E-state index in [1.807, 2.05) is 19.1 Å². The van der Waals surface area contributed by atoms with Gasteiger partial charge in [0.2, 0.25) is 5.91 Å². The maximum atomic E-state index is 12.9. The Morgan fingerprint density at radius 3 is 2.44 bits per heavy atom. The molecule has 1 heterocycles. The molecule has 2 N–H and O–H groups in total. The molecule has 8 heteroatoms. The lowest BCUT2D eigenvalue weighted by atomic mass is 9.53. The van der Waals surface area contributed by atoms with Gasteiger partial charge in [0.15, 0.2) is 5.16 Å². The summed E-state index contributed by atoms with van der Waals surface area (Å²) in [5.41, 5.74) is 0.389. The Morgan fingerprint density at radius 1 is 1.12 bits per heavy atom. The van der Waals surface area contributed by atoms with Crippen molar-refractivity contribution >= 4 is 34.6 Å². The van der Waals surface area contributed by atoms with E-state index in [4.69, 9.17) is 0 Å². The maximum absolute atomic E-state index is 12.9. The van der Waals surface area contributed by atoms with Crippen LogP contribution in [-0.2, 0) is 11.3 Å². The number of urea groups is 1. The number of aromatic nitrogens is 2. The van der Waals surface area contributed by atoms with Crippen molar-refractivity contribution in [2.45, 2.75) is 69.1 Å². The van der Waals surface area contributed by atoms with Gasteiger partial charge in [-0.05, 0) is 74.8 Å². The van der Waals surface area contributed by atoms with Crippen molar-refractivity contribution < 1.29 is 9.59 Å². The number of nitrogens with zero attached hydrogens (tertiary/aromatic N) is 2. The fraction of sp³-hybridized carbons (Fsp3) is 0.583. The number of benzene rings is 1. The molecule has 3 amide bonds. The normalized spacial score (nSPS) is 28.1. The molecular weight excluding hydrogens is 424 g/mol. The van der Waals surface area contributed by atoms with Crippen LogP contribution in [0.15, 0.2) is 34.2 Å². The van der Waals surface area contributed by atoms with Gasteiger partial charge in [0, 0.05) is 12.1 Å². The molecular formula is C24H30N4O3S. The highest BCUT2D eigenvalue weighted by molar-refractivity contribution is 7.99. The molecule has 4 aliphatic rings. The summed E-state index contributed by atoms with van der Waals surface area (Å²) in [5, 5.41) is 6.75. The number of carbonyl (C=O) groups excluding carboxylic acids is 2. The first kappa shape index (κ1) is 21.5. The number of amides is 3. The smallest absolute Gasteiger partial charge is 0.321 e. The fourth-order valence-corrected chi connectivity index (χ4v) is 7.33. The lowest BCUT2D eigenvalue weighted by molar-refractivity contribution is -0.117. The van der Waals surface area contributed by atoms with Crippen LogP contribution in [0, 0.1) is 17.8 Å². The quantitative estimate of drug-likeness (QED) is 0.513. The number of thioether (sulfide) groups is 1. The molecule has 0 unspecified atom stereocenters. The third-order valence-corrected chi connectivity index (χ3v) is 8.25. The van der Waals surface area contributed by atoms with E-state index in [9.17, 15) is 14.4 Å². The summed E-state index contributed by atoms with van der Waals surface area (Å²) in [6.45, 7) is 2.53. The van der Waals surface area contributed by atoms with E-state index in [-0.39, 0.29) is 22.8 Å². The van der Waals surface area contributed by atoms with Gasteiger partial charge in [-0.25, -0.2) is 9.78 Å². The first-order chi connectivity index (χ1) is 15.4. The summed E-state index contributed by atoms with van der Waals surface area (Å²) < 4.78 is 1.62. The lowest BCUT2D eigenvalue weighted by Crippen LogP contribution is -2.61. The number of hydrogen-bond acceptors (Lipinski definition) is 5. The van der Waals surface area contributed by atoms with Crippen LogP contribution in [0.5, 0.6) is 0 Å². The van der Waals surface area contributed by atoms with Crippen LogP contribution in [-0.4, -0.2) is 32.8 Å². The zero-order chi connectivity index (χ0) is 22.3. The van der Waals surface area contributed by atoms with Gasteiger partial charge in [-0.1, -0.05) is 30.8 Å². The van der Waals surface area contributed by atoms with E-state index in [0.29, 0.717) is 22.6 Å². The van der Waals surface area contributed by atoms with Gasteiger partial charge in [-0.3, -0.25) is 19.5 Å². The van der Waals surface area contributed by atoms with Crippen molar-refractivity contribution in [1.82, 2.24) is 20.2 Å². The average Bonchev–Trinajstić information content (AvgIpc) is 2.73. The van der Waals surface area contributed by atoms with Crippen molar-refractivity contribution in [3.8, 4) is 0 Å². The molecule has 4 saturated carbocycles. The van der Waals surface area contributed by atoms with Crippen LogP contribution in [0.3, 0.4) is 0 Å². The second-order valence-electron chi connectivity index (χ2n) is 9.86. The molecule has 0 atom stereocenters. The van der Waals surface area contributed by atoms with Crippen molar-refractivity contribution in [3.63, 3.8) is 0 Å². The number of nitrogens with one attached hydrogen (secondary N) is 2. The number of para-hydroxylation sites is 1. The molecule has 2 aromatic rings. The minimum atomic E-state index is -0.394. The summed E-state index contributed by atoms with van der Waals surface area (Å²) in [4.78, 5) is 42.6. The highest BCUT2D eigenvalue weighted by Gasteiger charge is 2.51. The standard InChI is InChI=1S/C24H30N4O3S/c1-2-7-28-21(30)18-5-3-4-6-19(18)25-23(28)32-14-20(29)26-22(31)27-24-11-15-8-16(12-24)10-17(9-15)13-24/h3-6,15-17H,2,7-14H2,1H3,(H2,26,27,29,31). The Labute approximate surface area is 191 Å². The Morgan fingerprint density at radius 2 is 1.78 bits per heavy atom. The van der Waals surface area contributed by atoms with Gasteiger partial charge in [0.05, 0.1) is 16.7 Å². The average molecular weight is 455 g/mol. The topological polar surface area (TPSA) is 93.1 Å². The highest BCUT2D eigenvalue weighted by atomic mass is 32.2. The fourth-order valence-electron chi connectivity index (χ4n) is 6.51. The summed E-state index contributed by atoms with van der Waals surface area (Å²) in [5.74, 6) is 1.83. The van der Waals surface area contributed by atoms with Gasteiger partial charge < -0.3 is 5.32 Å². The van der Waals surface area contributed by atoms with Crippen LogP contribution < -0.4 is 16.2 Å². The van der Waals surface area contributed by atoms with E-state index in [2.05, 4.69) is 15.6 Å². The third kappa shape index (κ3) is 4.17. The predicted molar refractivity (Wildman–Crippen MR) is 125 cm³/mol. The SMILES string of the molecule is CCCn1c(SCC(=O)NC(=O)NC23CC4CC(CC(C4)C2)C3)nc2ccccc2c1=O. The minimum Gasteiger partial charge on any atom is -0.332 e. The van der Waals surface area contributed by atoms with E-state index in [1.165, 1.54) is 31.0 Å². The summed E-state index contributed by atoms with van der Waals surface area (Å²) >= 11 is 1.20. The molecule has 4 aliphatic carbocycles. The van der Waals surface area contributed by atoms with Crippen LogP contribution in [0.4, 0.5) is 4.79 Å². The number of rotatable bonds is 6. The summed E-state index contributed by atoms with van der Waals surface area (Å²) in [7, 11) is 0.